The molecule has 1 aromatic carbocycles. The fourth-order valence-corrected chi connectivity index (χ4v) is 2.00. The van der Waals surface area contributed by atoms with Crippen LogP contribution in [0.5, 0.6) is 0 Å². The predicted molar refractivity (Wildman–Crippen MR) is 97.0 cm³/mol. The monoisotopic (exact) mass is 330 g/mol. The molecule has 0 unspecified atom stereocenters. The van der Waals surface area contributed by atoms with E-state index in [-0.39, 0.29) is 12.3 Å². The highest BCUT2D eigenvalue weighted by molar-refractivity contribution is 5.85. The number of nitrogens with zero attached hydrogens (tertiary/aromatic N) is 1. The van der Waals surface area contributed by atoms with Crippen molar-refractivity contribution in [2.75, 3.05) is 18.4 Å². The average Bonchev–Trinajstić information content (AvgIpc) is 2.47. The lowest BCUT2D eigenvalue weighted by molar-refractivity contribution is -0.129. The number of rotatable bonds is 7. The van der Waals surface area contributed by atoms with Crippen LogP contribution in [0.1, 0.15) is 26.3 Å². The maximum absolute atomic E-state index is 12.3. The minimum absolute atomic E-state index is 0.00246. The highest BCUT2D eigenvalue weighted by atomic mass is 16.6. The Labute approximate surface area is 144 Å². The van der Waals surface area contributed by atoms with Crippen molar-refractivity contribution in [3.63, 3.8) is 0 Å². The summed E-state index contributed by atoms with van der Waals surface area (Å²) < 4.78 is 5.19. The van der Waals surface area contributed by atoms with Gasteiger partial charge in [0.15, 0.2) is 0 Å². The summed E-state index contributed by atoms with van der Waals surface area (Å²) in [5.41, 5.74) is 0.943. The summed E-state index contributed by atoms with van der Waals surface area (Å²) in [5.74, 6) is 0.00246. The molecular formula is C19H26N2O3. The lowest BCUT2D eigenvalue weighted by Crippen LogP contribution is -2.32. The average molecular weight is 330 g/mol. The molecule has 0 aliphatic rings. The minimum atomic E-state index is -0.545. The topological polar surface area (TPSA) is 58.6 Å². The predicted octanol–water partition coefficient (Wildman–Crippen LogP) is 3.78. The third-order valence-electron chi connectivity index (χ3n) is 3.01. The van der Waals surface area contributed by atoms with Crippen LogP contribution in [0.3, 0.4) is 0 Å². The van der Waals surface area contributed by atoms with Gasteiger partial charge in [0, 0.05) is 18.8 Å². The highest BCUT2D eigenvalue weighted by Crippen LogP contribution is 2.14. The van der Waals surface area contributed by atoms with Crippen molar-refractivity contribution in [1.82, 2.24) is 4.90 Å². The van der Waals surface area contributed by atoms with Crippen LogP contribution >= 0.6 is 0 Å². The van der Waals surface area contributed by atoms with Crippen LogP contribution in [-0.4, -0.2) is 35.6 Å². The number of anilines is 1. The first kappa shape index (κ1) is 19.5. The molecule has 0 aromatic heterocycles. The van der Waals surface area contributed by atoms with Crippen LogP contribution in [0.2, 0.25) is 0 Å². The lowest BCUT2D eigenvalue weighted by Gasteiger charge is -2.20. The van der Waals surface area contributed by atoms with E-state index in [1.54, 1.807) is 50.0 Å². The Hall–Kier alpha value is -2.56. The summed E-state index contributed by atoms with van der Waals surface area (Å²) in [6, 6.07) is 7.12. The zero-order chi connectivity index (χ0) is 18.2. The molecule has 0 radical (unpaired) electrons. The number of carbonyl (C=O) groups excluding carboxylic acids is 2. The molecule has 0 aliphatic heterocycles. The number of amides is 2. The minimum Gasteiger partial charge on any atom is -0.444 e. The molecule has 0 fully saturated rings. The maximum Gasteiger partial charge on any atom is 0.412 e. The zero-order valence-electron chi connectivity index (χ0n) is 14.7. The van der Waals surface area contributed by atoms with E-state index in [2.05, 4.69) is 18.5 Å². The number of carbonyl (C=O) groups is 2. The van der Waals surface area contributed by atoms with Gasteiger partial charge in [-0.05, 0) is 38.5 Å². The molecule has 1 aromatic rings. The van der Waals surface area contributed by atoms with Crippen molar-refractivity contribution in [3.8, 4) is 0 Å². The van der Waals surface area contributed by atoms with Gasteiger partial charge in [-0.15, -0.1) is 13.2 Å². The van der Waals surface area contributed by atoms with E-state index in [4.69, 9.17) is 4.74 Å². The van der Waals surface area contributed by atoms with Gasteiger partial charge in [-0.3, -0.25) is 10.1 Å². The summed E-state index contributed by atoms with van der Waals surface area (Å²) >= 11 is 0. The summed E-state index contributed by atoms with van der Waals surface area (Å²) in [5, 5.41) is 2.66. The number of hydrogen-bond donors (Lipinski definition) is 1. The molecule has 0 bridgehead atoms. The van der Waals surface area contributed by atoms with Crippen LogP contribution in [0.25, 0.3) is 0 Å². The van der Waals surface area contributed by atoms with Crippen LogP contribution in [0.4, 0.5) is 10.5 Å². The summed E-state index contributed by atoms with van der Waals surface area (Å²) in [4.78, 5) is 25.6. The molecular weight excluding hydrogens is 304 g/mol. The zero-order valence-corrected chi connectivity index (χ0v) is 14.7. The fraction of sp³-hybridized carbons (Fsp3) is 0.368. The van der Waals surface area contributed by atoms with E-state index < -0.39 is 11.7 Å². The highest BCUT2D eigenvalue weighted by Gasteiger charge is 2.16. The van der Waals surface area contributed by atoms with Gasteiger partial charge in [0.05, 0.1) is 6.42 Å². The fourth-order valence-electron chi connectivity index (χ4n) is 2.00. The first-order valence-electron chi connectivity index (χ1n) is 7.83. The normalized spacial score (nSPS) is 10.6. The number of hydrogen-bond acceptors (Lipinski definition) is 3. The van der Waals surface area contributed by atoms with E-state index in [0.29, 0.717) is 18.8 Å². The summed E-state index contributed by atoms with van der Waals surface area (Å²) in [7, 11) is 0. The van der Waals surface area contributed by atoms with Crippen molar-refractivity contribution < 1.29 is 14.3 Å². The Kier molecular flexibility index (Phi) is 7.24. The Morgan fingerprint density at radius 1 is 1.12 bits per heavy atom. The number of benzene rings is 1. The van der Waals surface area contributed by atoms with Gasteiger partial charge in [0.1, 0.15) is 5.60 Å². The maximum atomic E-state index is 12.3. The Morgan fingerprint density at radius 3 is 2.12 bits per heavy atom. The van der Waals surface area contributed by atoms with E-state index in [1.807, 2.05) is 12.1 Å². The Bertz CT molecular complexity index is 576. The molecule has 0 saturated carbocycles. The second kappa shape index (κ2) is 8.91. The quantitative estimate of drug-likeness (QED) is 0.774. The van der Waals surface area contributed by atoms with Gasteiger partial charge >= 0.3 is 6.09 Å². The molecule has 2 amide bonds. The van der Waals surface area contributed by atoms with Crippen molar-refractivity contribution in [3.05, 3.63) is 55.1 Å². The number of ether oxygens (including phenoxy) is 1. The SMILES string of the molecule is C=CCN(CC=C)C(=O)Cc1ccc(NC(=O)OC(C)(C)C)cc1. The van der Waals surface area contributed by atoms with Gasteiger partial charge in [0.25, 0.3) is 0 Å². The van der Waals surface area contributed by atoms with E-state index in [0.717, 1.165) is 5.56 Å². The molecule has 0 heterocycles. The van der Waals surface area contributed by atoms with E-state index >= 15 is 0 Å². The molecule has 0 saturated heterocycles. The third kappa shape index (κ3) is 7.13. The Morgan fingerprint density at radius 2 is 1.67 bits per heavy atom. The molecule has 0 atom stereocenters. The molecule has 24 heavy (non-hydrogen) atoms. The summed E-state index contributed by atoms with van der Waals surface area (Å²) in [6.07, 6.45) is 3.16. The van der Waals surface area contributed by atoms with Crippen molar-refractivity contribution in [2.45, 2.75) is 32.8 Å². The van der Waals surface area contributed by atoms with Crippen LogP contribution < -0.4 is 5.32 Å². The largest absolute Gasteiger partial charge is 0.444 e. The number of nitrogens with one attached hydrogen (secondary N) is 1. The van der Waals surface area contributed by atoms with Gasteiger partial charge in [-0.25, -0.2) is 4.79 Å². The van der Waals surface area contributed by atoms with Crippen LogP contribution in [-0.2, 0) is 16.0 Å². The van der Waals surface area contributed by atoms with Crippen molar-refractivity contribution >= 4 is 17.7 Å². The van der Waals surface area contributed by atoms with Crippen molar-refractivity contribution in [2.24, 2.45) is 0 Å². The molecule has 0 spiro atoms. The smallest absolute Gasteiger partial charge is 0.412 e. The van der Waals surface area contributed by atoms with Gasteiger partial charge in [0.2, 0.25) is 5.91 Å². The Balaban J connectivity index is 2.64. The molecule has 5 nitrogen and oxygen atoms in total. The molecule has 0 aliphatic carbocycles. The summed E-state index contributed by atoms with van der Waals surface area (Å²) in [6.45, 7) is 13.7. The molecule has 130 valence electrons. The molecule has 1 rings (SSSR count). The lowest BCUT2D eigenvalue weighted by atomic mass is 10.1. The second-order valence-electron chi connectivity index (χ2n) is 6.38. The third-order valence-corrected chi connectivity index (χ3v) is 3.01. The van der Waals surface area contributed by atoms with Gasteiger partial charge in [-0.2, -0.15) is 0 Å². The van der Waals surface area contributed by atoms with Crippen LogP contribution in [0.15, 0.2) is 49.6 Å². The standard InChI is InChI=1S/C19H26N2O3/c1-6-12-21(13-7-2)17(22)14-15-8-10-16(11-9-15)20-18(23)24-19(3,4)5/h6-11H,1-2,12-14H2,3-5H3,(H,20,23). The second-order valence-corrected chi connectivity index (χ2v) is 6.38. The van der Waals surface area contributed by atoms with Crippen LogP contribution in [0, 0.1) is 0 Å². The van der Waals surface area contributed by atoms with Gasteiger partial charge in [-0.1, -0.05) is 24.3 Å². The first-order valence-corrected chi connectivity index (χ1v) is 7.83. The molecule has 5 heteroatoms. The first-order chi connectivity index (χ1) is 11.2. The van der Waals surface area contributed by atoms with Gasteiger partial charge < -0.3 is 9.64 Å². The van der Waals surface area contributed by atoms with E-state index in [1.165, 1.54) is 0 Å². The van der Waals surface area contributed by atoms with E-state index in [9.17, 15) is 9.59 Å². The molecule has 1 N–H and O–H groups in total. The van der Waals surface area contributed by atoms with Crippen molar-refractivity contribution in [1.29, 1.82) is 0 Å².